The van der Waals surface area contributed by atoms with Crippen LogP contribution in [-0.4, -0.2) is 45.3 Å². The van der Waals surface area contributed by atoms with Crippen LogP contribution in [0.2, 0.25) is 0 Å². The summed E-state index contributed by atoms with van der Waals surface area (Å²) >= 11 is 1.88. The van der Waals surface area contributed by atoms with Gasteiger partial charge in [-0.3, -0.25) is 0 Å². The highest BCUT2D eigenvalue weighted by Crippen LogP contribution is 2.29. The molecule has 0 aliphatic heterocycles. The predicted octanol–water partition coefficient (Wildman–Crippen LogP) is 3.13. The molecule has 0 aliphatic carbocycles. The molecule has 1 N–H and O–H groups in total. The molecule has 2 rings (SSSR count). The third-order valence-electron chi connectivity index (χ3n) is 3.49. The lowest BCUT2D eigenvalue weighted by Crippen LogP contribution is -2.32. The van der Waals surface area contributed by atoms with Crippen LogP contribution in [0.4, 0.5) is 0 Å². The molecule has 0 amide bonds. The van der Waals surface area contributed by atoms with Crippen LogP contribution >= 0.6 is 11.3 Å². The van der Waals surface area contributed by atoms with Crippen LogP contribution in [-0.2, 0) is 4.74 Å². The minimum atomic E-state index is 0.406. The summed E-state index contributed by atoms with van der Waals surface area (Å²) in [5.74, 6) is 0. The standard InChI is InChI=1S/C16H24N2OS/c1-13(17-8-9-18(2)10-11-19-3)16-12-14-6-4-5-7-15(14)20-16/h4-7,12-13,17H,8-11H2,1-3H3. The highest BCUT2D eigenvalue weighted by Gasteiger charge is 2.09. The Morgan fingerprint density at radius 3 is 2.85 bits per heavy atom. The van der Waals surface area contributed by atoms with E-state index in [9.17, 15) is 0 Å². The first-order valence-corrected chi connectivity index (χ1v) is 7.91. The number of thiophene rings is 1. The van der Waals surface area contributed by atoms with Gasteiger partial charge in [-0.25, -0.2) is 0 Å². The number of likely N-dealkylation sites (N-methyl/N-ethyl adjacent to an activating group) is 1. The molecule has 0 spiro atoms. The largest absolute Gasteiger partial charge is 0.383 e. The molecule has 110 valence electrons. The average molecular weight is 292 g/mol. The van der Waals surface area contributed by atoms with Crippen LogP contribution in [0.3, 0.4) is 0 Å². The lowest BCUT2D eigenvalue weighted by Gasteiger charge is -2.18. The maximum Gasteiger partial charge on any atom is 0.0589 e. The Hall–Kier alpha value is -0.940. The minimum Gasteiger partial charge on any atom is -0.383 e. The van der Waals surface area contributed by atoms with Gasteiger partial charge in [0.1, 0.15) is 0 Å². The second-order valence-electron chi connectivity index (χ2n) is 5.16. The molecule has 3 nitrogen and oxygen atoms in total. The summed E-state index contributed by atoms with van der Waals surface area (Å²) in [6.45, 7) is 6.05. The van der Waals surface area contributed by atoms with Crippen molar-refractivity contribution in [3.63, 3.8) is 0 Å². The Labute approximate surface area is 125 Å². The number of hydrogen-bond donors (Lipinski definition) is 1. The summed E-state index contributed by atoms with van der Waals surface area (Å²) in [7, 11) is 3.88. The number of hydrogen-bond acceptors (Lipinski definition) is 4. The zero-order chi connectivity index (χ0) is 14.4. The van der Waals surface area contributed by atoms with Gasteiger partial charge in [-0.1, -0.05) is 18.2 Å². The molecule has 1 aromatic heterocycles. The molecule has 0 saturated heterocycles. The van der Waals surface area contributed by atoms with Crippen molar-refractivity contribution < 1.29 is 4.74 Å². The molecule has 0 saturated carbocycles. The number of ether oxygens (including phenoxy) is 1. The van der Waals surface area contributed by atoms with Crippen molar-refractivity contribution in [1.82, 2.24) is 10.2 Å². The molecular formula is C16H24N2OS. The van der Waals surface area contributed by atoms with Crippen molar-refractivity contribution in [1.29, 1.82) is 0 Å². The molecule has 0 aliphatic rings. The number of rotatable bonds is 8. The summed E-state index contributed by atoms with van der Waals surface area (Å²) in [4.78, 5) is 3.69. The zero-order valence-corrected chi connectivity index (χ0v) is 13.4. The minimum absolute atomic E-state index is 0.406. The number of nitrogens with zero attached hydrogens (tertiary/aromatic N) is 1. The SMILES string of the molecule is COCCN(C)CCNC(C)c1cc2ccccc2s1. The van der Waals surface area contributed by atoms with Gasteiger partial charge < -0.3 is 15.0 Å². The van der Waals surface area contributed by atoms with E-state index in [1.807, 2.05) is 11.3 Å². The predicted molar refractivity (Wildman–Crippen MR) is 87.6 cm³/mol. The lowest BCUT2D eigenvalue weighted by molar-refractivity contribution is 0.161. The van der Waals surface area contributed by atoms with Gasteiger partial charge in [0.25, 0.3) is 0 Å². The normalized spacial score (nSPS) is 13.2. The average Bonchev–Trinajstić information content (AvgIpc) is 2.89. The van der Waals surface area contributed by atoms with Crippen molar-refractivity contribution >= 4 is 21.4 Å². The summed E-state index contributed by atoms with van der Waals surface area (Å²) < 4.78 is 6.45. The molecular weight excluding hydrogens is 268 g/mol. The number of nitrogens with one attached hydrogen (secondary N) is 1. The van der Waals surface area contributed by atoms with E-state index in [1.165, 1.54) is 15.0 Å². The summed E-state index contributed by atoms with van der Waals surface area (Å²) in [6, 6.07) is 11.3. The Morgan fingerprint density at radius 1 is 1.30 bits per heavy atom. The van der Waals surface area contributed by atoms with E-state index >= 15 is 0 Å². The van der Waals surface area contributed by atoms with E-state index in [2.05, 4.69) is 54.5 Å². The van der Waals surface area contributed by atoms with E-state index in [4.69, 9.17) is 4.74 Å². The van der Waals surface area contributed by atoms with Gasteiger partial charge >= 0.3 is 0 Å². The van der Waals surface area contributed by atoms with Crippen LogP contribution in [0.25, 0.3) is 10.1 Å². The first kappa shape index (κ1) is 15.4. The first-order chi connectivity index (χ1) is 9.70. The molecule has 4 heteroatoms. The Bertz CT molecular complexity index is 493. The number of fused-ring (bicyclic) bond motifs is 1. The van der Waals surface area contributed by atoms with Gasteiger partial charge in [0.15, 0.2) is 0 Å². The molecule has 2 aromatic rings. The van der Waals surface area contributed by atoms with Gasteiger partial charge in [-0.2, -0.15) is 0 Å². The van der Waals surface area contributed by atoms with E-state index in [0.717, 1.165) is 26.2 Å². The van der Waals surface area contributed by atoms with Crippen LogP contribution in [0, 0.1) is 0 Å². The zero-order valence-electron chi connectivity index (χ0n) is 12.6. The third-order valence-corrected chi connectivity index (χ3v) is 4.79. The smallest absolute Gasteiger partial charge is 0.0589 e. The summed E-state index contributed by atoms with van der Waals surface area (Å²) in [5, 5.41) is 4.94. The maximum atomic E-state index is 5.08. The number of methoxy groups -OCH3 is 1. The fraction of sp³-hybridized carbons (Fsp3) is 0.500. The van der Waals surface area contributed by atoms with Crippen molar-refractivity contribution in [2.75, 3.05) is 40.4 Å². The molecule has 0 radical (unpaired) electrons. The molecule has 0 bridgehead atoms. The molecule has 20 heavy (non-hydrogen) atoms. The molecule has 1 unspecified atom stereocenters. The van der Waals surface area contributed by atoms with Crippen molar-refractivity contribution in [3.05, 3.63) is 35.2 Å². The highest BCUT2D eigenvalue weighted by atomic mass is 32.1. The topological polar surface area (TPSA) is 24.5 Å². The van der Waals surface area contributed by atoms with Crippen LogP contribution in [0.15, 0.2) is 30.3 Å². The Morgan fingerprint density at radius 2 is 2.10 bits per heavy atom. The first-order valence-electron chi connectivity index (χ1n) is 7.10. The quantitative estimate of drug-likeness (QED) is 0.809. The van der Waals surface area contributed by atoms with Crippen LogP contribution < -0.4 is 5.32 Å². The molecule has 1 aromatic carbocycles. The monoisotopic (exact) mass is 292 g/mol. The van der Waals surface area contributed by atoms with E-state index in [1.54, 1.807) is 7.11 Å². The van der Waals surface area contributed by atoms with Gasteiger partial charge in [0.05, 0.1) is 6.61 Å². The molecule has 1 atom stereocenters. The van der Waals surface area contributed by atoms with Crippen LogP contribution in [0.5, 0.6) is 0 Å². The lowest BCUT2D eigenvalue weighted by atomic mass is 10.2. The summed E-state index contributed by atoms with van der Waals surface area (Å²) in [6.07, 6.45) is 0. The fourth-order valence-electron chi connectivity index (χ4n) is 2.15. The second-order valence-corrected chi connectivity index (χ2v) is 6.27. The Balaban J connectivity index is 1.81. The van der Waals surface area contributed by atoms with Crippen molar-refractivity contribution in [3.8, 4) is 0 Å². The van der Waals surface area contributed by atoms with Crippen molar-refractivity contribution in [2.24, 2.45) is 0 Å². The maximum absolute atomic E-state index is 5.08. The van der Waals surface area contributed by atoms with E-state index in [0.29, 0.717) is 6.04 Å². The van der Waals surface area contributed by atoms with Gasteiger partial charge in [-0.15, -0.1) is 11.3 Å². The highest BCUT2D eigenvalue weighted by molar-refractivity contribution is 7.19. The van der Waals surface area contributed by atoms with Gasteiger partial charge in [-0.05, 0) is 31.5 Å². The fourth-order valence-corrected chi connectivity index (χ4v) is 3.24. The molecule has 0 fully saturated rings. The summed E-state index contributed by atoms with van der Waals surface area (Å²) in [5.41, 5.74) is 0. The molecule has 1 heterocycles. The van der Waals surface area contributed by atoms with E-state index in [-0.39, 0.29) is 0 Å². The van der Waals surface area contributed by atoms with Gasteiger partial charge in [0.2, 0.25) is 0 Å². The van der Waals surface area contributed by atoms with Crippen molar-refractivity contribution in [2.45, 2.75) is 13.0 Å². The van der Waals surface area contributed by atoms with E-state index < -0.39 is 0 Å². The third kappa shape index (κ3) is 4.28. The van der Waals surface area contributed by atoms with Gasteiger partial charge in [0, 0.05) is 42.4 Å². The second kappa shape index (κ2) is 7.74. The van der Waals surface area contributed by atoms with Crippen LogP contribution in [0.1, 0.15) is 17.8 Å². The Kier molecular flexibility index (Phi) is 5.98. The number of benzene rings is 1.